The van der Waals surface area contributed by atoms with Gasteiger partial charge in [-0.05, 0) is 60.2 Å². The minimum Gasteiger partial charge on any atom is -0.496 e. The Morgan fingerprint density at radius 1 is 0.773 bits per heavy atom. The van der Waals surface area contributed by atoms with Crippen molar-refractivity contribution in [2.24, 2.45) is 0 Å². The van der Waals surface area contributed by atoms with Crippen molar-refractivity contribution >= 4 is 39.5 Å². The summed E-state index contributed by atoms with van der Waals surface area (Å²) >= 11 is 0.876. The molecule has 0 saturated carbocycles. The van der Waals surface area contributed by atoms with Gasteiger partial charge in [0.15, 0.2) is 17.3 Å². The number of allylic oxidation sites excluding steroid dienone is 1. The third-order valence-corrected chi connectivity index (χ3v) is 7.82. The van der Waals surface area contributed by atoms with Crippen LogP contribution in [0.2, 0.25) is 0 Å². The molecule has 1 aliphatic rings. The van der Waals surface area contributed by atoms with Crippen LogP contribution in [0.4, 0.5) is 4.79 Å². The van der Waals surface area contributed by atoms with Crippen LogP contribution in [0.5, 0.6) is 34.5 Å². The molecule has 1 fully saturated rings. The van der Waals surface area contributed by atoms with Gasteiger partial charge >= 0.3 is 0 Å². The van der Waals surface area contributed by atoms with Gasteiger partial charge in [0.05, 0.1) is 33.3 Å². The van der Waals surface area contributed by atoms with Gasteiger partial charge in [-0.1, -0.05) is 12.1 Å². The van der Waals surface area contributed by atoms with Crippen molar-refractivity contribution in [3.63, 3.8) is 0 Å². The van der Waals surface area contributed by atoms with Crippen LogP contribution in [0, 0.1) is 0 Å². The maximum Gasteiger partial charge on any atom is 0.290 e. The summed E-state index contributed by atoms with van der Waals surface area (Å²) in [5.41, 5.74) is 1.81. The molecule has 228 valence electrons. The van der Waals surface area contributed by atoms with Crippen molar-refractivity contribution < 1.29 is 42.4 Å². The van der Waals surface area contributed by atoms with E-state index in [2.05, 4.69) is 5.32 Å². The van der Waals surface area contributed by atoms with Crippen LogP contribution in [0.3, 0.4) is 0 Å². The number of carbonyl (C=O) groups is 2. The second kappa shape index (κ2) is 13.0. The van der Waals surface area contributed by atoms with Crippen molar-refractivity contribution in [3.05, 3.63) is 75.3 Å². The SMILES string of the molecule is COc1cc(OC)c2c(=O)c(OCCOc3ccc(/C(C)=C4\SC(=O)NC4=O)cc3)c(-c3ccc(OC)c(OC)c3)oc2c1. The van der Waals surface area contributed by atoms with E-state index in [0.29, 0.717) is 39.0 Å². The van der Waals surface area contributed by atoms with E-state index in [4.69, 9.17) is 32.8 Å². The number of nitrogens with one attached hydrogen (secondary N) is 1. The monoisotopic (exact) mass is 619 g/mol. The second-order valence-corrected chi connectivity index (χ2v) is 10.4. The van der Waals surface area contributed by atoms with Gasteiger partial charge in [-0.3, -0.25) is 19.7 Å². The van der Waals surface area contributed by atoms with Crippen LogP contribution in [0.25, 0.3) is 27.9 Å². The lowest BCUT2D eigenvalue weighted by Crippen LogP contribution is -2.18. The minimum atomic E-state index is -0.435. The van der Waals surface area contributed by atoms with Gasteiger partial charge in [0, 0.05) is 17.7 Å². The molecule has 44 heavy (non-hydrogen) atoms. The molecule has 11 nitrogen and oxygen atoms in total. The fourth-order valence-electron chi connectivity index (χ4n) is 4.62. The molecule has 3 aromatic carbocycles. The molecular formula is C32H29NO10S. The highest BCUT2D eigenvalue weighted by molar-refractivity contribution is 8.18. The van der Waals surface area contributed by atoms with E-state index in [1.54, 1.807) is 61.5 Å². The average Bonchev–Trinajstić information content (AvgIpc) is 3.39. The molecule has 0 spiro atoms. The Labute approximate surface area is 256 Å². The number of hydrogen-bond donors (Lipinski definition) is 1. The summed E-state index contributed by atoms with van der Waals surface area (Å²) in [4.78, 5) is 37.7. The topological polar surface area (TPSA) is 132 Å². The number of amides is 2. The third-order valence-electron chi connectivity index (χ3n) is 6.84. The minimum absolute atomic E-state index is 0.0127. The fourth-order valence-corrected chi connectivity index (χ4v) is 5.36. The van der Waals surface area contributed by atoms with Gasteiger partial charge < -0.3 is 32.8 Å². The molecular weight excluding hydrogens is 590 g/mol. The number of fused-ring (bicyclic) bond motifs is 1. The number of methoxy groups -OCH3 is 4. The van der Waals surface area contributed by atoms with Crippen molar-refractivity contribution in [3.8, 4) is 45.8 Å². The molecule has 0 bridgehead atoms. The Morgan fingerprint density at radius 2 is 1.48 bits per heavy atom. The van der Waals surface area contributed by atoms with Crippen LogP contribution in [-0.4, -0.2) is 52.8 Å². The summed E-state index contributed by atoms with van der Waals surface area (Å²) in [6.45, 7) is 1.90. The molecule has 0 radical (unpaired) electrons. The quantitative estimate of drug-likeness (QED) is 0.165. The van der Waals surface area contributed by atoms with Gasteiger partial charge in [0.2, 0.25) is 11.2 Å². The first kappa shape index (κ1) is 30.4. The molecule has 1 aliphatic heterocycles. The van der Waals surface area contributed by atoms with Crippen LogP contribution in [0.15, 0.2) is 68.7 Å². The smallest absolute Gasteiger partial charge is 0.290 e. The Bertz CT molecular complexity index is 1830. The number of thioether (sulfide) groups is 1. The number of ether oxygens (including phenoxy) is 6. The number of imide groups is 1. The first-order chi connectivity index (χ1) is 21.3. The maximum absolute atomic E-state index is 13.8. The van der Waals surface area contributed by atoms with E-state index < -0.39 is 16.6 Å². The summed E-state index contributed by atoms with van der Waals surface area (Å²) in [6.07, 6.45) is 0. The highest BCUT2D eigenvalue weighted by atomic mass is 32.2. The van der Waals surface area contributed by atoms with Crippen molar-refractivity contribution in [1.29, 1.82) is 0 Å². The normalized spacial score (nSPS) is 13.8. The summed E-state index contributed by atoms with van der Waals surface area (Å²) in [6, 6.07) is 15.4. The first-order valence-electron chi connectivity index (χ1n) is 13.3. The maximum atomic E-state index is 13.8. The summed E-state index contributed by atoms with van der Waals surface area (Å²) < 4.78 is 39.8. The van der Waals surface area contributed by atoms with Crippen molar-refractivity contribution in [2.75, 3.05) is 41.7 Å². The molecule has 2 amide bonds. The van der Waals surface area contributed by atoms with Crippen LogP contribution in [0.1, 0.15) is 12.5 Å². The molecule has 0 unspecified atom stereocenters. The van der Waals surface area contributed by atoms with Gasteiger partial charge in [-0.15, -0.1) is 0 Å². The molecule has 12 heteroatoms. The van der Waals surface area contributed by atoms with E-state index in [0.717, 1.165) is 17.3 Å². The zero-order valence-corrected chi connectivity index (χ0v) is 25.4. The number of benzene rings is 3. The molecule has 1 saturated heterocycles. The molecule has 2 heterocycles. The average molecular weight is 620 g/mol. The highest BCUT2D eigenvalue weighted by Crippen LogP contribution is 2.39. The van der Waals surface area contributed by atoms with Crippen molar-refractivity contribution in [1.82, 2.24) is 5.32 Å². The standard InChI is InChI=1S/C32H29NO10S/c1-17(30-31(35)33-32(36)44-30)18-6-9-20(10-7-18)41-12-13-42-29-27(34)26-24(40-5)15-21(37-2)16-25(26)43-28(29)19-8-11-22(38-3)23(14-19)39-4/h6-11,14-16H,12-13H2,1-5H3,(H,33,35,36)/b30-17-. The molecule has 1 aromatic heterocycles. The predicted molar refractivity (Wildman–Crippen MR) is 165 cm³/mol. The van der Waals surface area contributed by atoms with E-state index in [1.165, 1.54) is 28.4 Å². The van der Waals surface area contributed by atoms with Gasteiger partial charge in [-0.25, -0.2) is 0 Å². The van der Waals surface area contributed by atoms with Gasteiger partial charge in [0.1, 0.15) is 41.4 Å². The Kier molecular flexibility index (Phi) is 9.00. The second-order valence-electron chi connectivity index (χ2n) is 9.38. The number of carbonyl (C=O) groups excluding carboxylic acids is 2. The lowest BCUT2D eigenvalue weighted by molar-refractivity contribution is -0.115. The number of rotatable bonds is 11. The predicted octanol–water partition coefficient (Wildman–Crippen LogP) is 5.67. The molecule has 1 N–H and O–H groups in total. The van der Waals surface area contributed by atoms with E-state index >= 15 is 0 Å². The summed E-state index contributed by atoms with van der Waals surface area (Å²) in [5.74, 6) is 1.97. The summed E-state index contributed by atoms with van der Waals surface area (Å²) in [7, 11) is 6.00. The van der Waals surface area contributed by atoms with Gasteiger partial charge in [-0.2, -0.15) is 0 Å². The third kappa shape index (κ3) is 6.02. The van der Waals surface area contributed by atoms with Crippen LogP contribution >= 0.6 is 11.8 Å². The number of hydrogen-bond acceptors (Lipinski definition) is 11. The van der Waals surface area contributed by atoms with E-state index in [9.17, 15) is 14.4 Å². The Hall–Kier alpha value is -5.10. The molecule has 0 aliphatic carbocycles. The summed E-state index contributed by atoms with van der Waals surface area (Å²) in [5, 5.41) is 2.07. The molecule has 0 atom stereocenters. The van der Waals surface area contributed by atoms with Gasteiger partial charge in [0.25, 0.3) is 11.1 Å². The first-order valence-corrected chi connectivity index (χ1v) is 14.1. The van der Waals surface area contributed by atoms with E-state index in [-0.39, 0.29) is 41.4 Å². The largest absolute Gasteiger partial charge is 0.496 e. The molecule has 5 rings (SSSR count). The van der Waals surface area contributed by atoms with E-state index in [1.807, 2.05) is 0 Å². The van der Waals surface area contributed by atoms with Crippen LogP contribution in [-0.2, 0) is 4.79 Å². The zero-order valence-electron chi connectivity index (χ0n) is 24.6. The lowest BCUT2D eigenvalue weighted by Gasteiger charge is -2.15. The lowest BCUT2D eigenvalue weighted by atomic mass is 10.1. The van der Waals surface area contributed by atoms with Crippen LogP contribution < -0.4 is 39.2 Å². The van der Waals surface area contributed by atoms with Crippen molar-refractivity contribution in [2.45, 2.75) is 6.92 Å². The molecule has 4 aromatic rings. The Morgan fingerprint density at radius 3 is 2.11 bits per heavy atom. The Balaban J connectivity index is 1.41. The zero-order chi connectivity index (χ0) is 31.4. The fraction of sp³-hybridized carbons (Fsp3) is 0.219. The highest BCUT2D eigenvalue weighted by Gasteiger charge is 2.27.